The second kappa shape index (κ2) is 9.76. The van der Waals surface area contributed by atoms with E-state index in [4.69, 9.17) is 4.74 Å². The van der Waals surface area contributed by atoms with E-state index in [0.717, 1.165) is 60.7 Å². The number of fused-ring (bicyclic) bond motifs is 5. The smallest absolute Gasteiger partial charge is 0.0594 e. The van der Waals surface area contributed by atoms with Crippen LogP contribution in [-0.2, 0) is 4.74 Å². The van der Waals surface area contributed by atoms with Gasteiger partial charge in [-0.15, -0.1) is 0 Å². The topological polar surface area (TPSA) is 12.5 Å². The molecule has 5 rings (SSSR count). The molecular weight excluding hydrogens is 402 g/mol. The number of hydrogen-bond donors (Lipinski definition) is 0. The highest BCUT2D eigenvalue weighted by Gasteiger charge is 2.60. The van der Waals surface area contributed by atoms with Gasteiger partial charge in [-0.3, -0.25) is 4.90 Å². The summed E-state index contributed by atoms with van der Waals surface area (Å²) in [5, 5.41) is 0. The molecule has 1 aliphatic heterocycles. The van der Waals surface area contributed by atoms with Crippen molar-refractivity contribution in [2.75, 3.05) is 26.3 Å². The van der Waals surface area contributed by atoms with Crippen molar-refractivity contribution in [1.82, 2.24) is 4.90 Å². The molecule has 5 fully saturated rings. The Morgan fingerprint density at radius 2 is 1.55 bits per heavy atom. The minimum absolute atomic E-state index is 0.633. The van der Waals surface area contributed by atoms with Gasteiger partial charge in [-0.2, -0.15) is 0 Å². The maximum absolute atomic E-state index is 5.65. The molecule has 0 spiro atoms. The van der Waals surface area contributed by atoms with Gasteiger partial charge < -0.3 is 4.74 Å². The van der Waals surface area contributed by atoms with Crippen molar-refractivity contribution in [3.63, 3.8) is 0 Å². The third kappa shape index (κ3) is 4.47. The third-order valence-electron chi connectivity index (χ3n) is 12.4. The van der Waals surface area contributed by atoms with E-state index in [2.05, 4.69) is 39.5 Å². The fourth-order valence-electron chi connectivity index (χ4n) is 10.5. The van der Waals surface area contributed by atoms with Crippen molar-refractivity contribution < 1.29 is 4.74 Å². The van der Waals surface area contributed by atoms with Gasteiger partial charge in [-0.25, -0.2) is 0 Å². The standard InChI is InChI=1S/C31H55NO/c1-22(2)7-6-8-23(3)27-11-12-28-26-10-9-24-21-25(32-17-19-33-20-18-32)13-15-30(24,4)29(26)14-16-31(27,28)5/h22-29H,6-21H2,1-5H3/t23-,24?,25?,26?,27?,28?,29?,30?,31?/m1/s1. The largest absolute Gasteiger partial charge is 0.379 e. The maximum atomic E-state index is 5.65. The Morgan fingerprint density at radius 1 is 0.818 bits per heavy atom. The number of morpholine rings is 1. The van der Waals surface area contributed by atoms with Crippen LogP contribution in [0.2, 0.25) is 0 Å². The first-order valence-electron chi connectivity index (χ1n) is 15.1. The zero-order valence-electron chi connectivity index (χ0n) is 22.8. The quantitative estimate of drug-likeness (QED) is 0.403. The number of hydrogen-bond acceptors (Lipinski definition) is 2. The molecular formula is C31H55NO. The molecule has 2 heteroatoms. The van der Waals surface area contributed by atoms with Gasteiger partial charge in [0, 0.05) is 19.1 Å². The van der Waals surface area contributed by atoms with Crippen molar-refractivity contribution >= 4 is 0 Å². The molecule has 33 heavy (non-hydrogen) atoms. The molecule has 0 N–H and O–H groups in total. The molecule has 0 aromatic heterocycles. The van der Waals surface area contributed by atoms with Crippen LogP contribution >= 0.6 is 0 Å². The van der Waals surface area contributed by atoms with E-state index in [1.807, 2.05) is 0 Å². The van der Waals surface area contributed by atoms with Crippen molar-refractivity contribution in [2.45, 2.75) is 118 Å². The molecule has 190 valence electrons. The third-order valence-corrected chi connectivity index (χ3v) is 12.4. The van der Waals surface area contributed by atoms with Gasteiger partial charge in [0.15, 0.2) is 0 Å². The lowest BCUT2D eigenvalue weighted by Gasteiger charge is -2.62. The van der Waals surface area contributed by atoms with Gasteiger partial charge in [0.25, 0.3) is 0 Å². The first-order chi connectivity index (χ1) is 15.8. The average molecular weight is 458 g/mol. The fourth-order valence-corrected chi connectivity index (χ4v) is 10.5. The van der Waals surface area contributed by atoms with Crippen LogP contribution in [0.25, 0.3) is 0 Å². The summed E-state index contributed by atoms with van der Waals surface area (Å²) in [5.41, 5.74) is 1.28. The molecule has 1 saturated heterocycles. The van der Waals surface area contributed by atoms with E-state index < -0.39 is 0 Å². The highest BCUT2D eigenvalue weighted by atomic mass is 16.5. The second-order valence-electron chi connectivity index (χ2n) is 14.3. The van der Waals surface area contributed by atoms with Crippen LogP contribution in [0.1, 0.15) is 112 Å². The lowest BCUT2D eigenvalue weighted by atomic mass is 9.44. The summed E-state index contributed by atoms with van der Waals surface area (Å²) in [6.07, 6.45) is 18.0. The van der Waals surface area contributed by atoms with Gasteiger partial charge in [0.1, 0.15) is 0 Å². The van der Waals surface area contributed by atoms with Gasteiger partial charge in [-0.05, 0) is 110 Å². The summed E-state index contributed by atoms with van der Waals surface area (Å²) in [7, 11) is 0. The van der Waals surface area contributed by atoms with E-state index in [1.165, 1.54) is 70.9 Å². The minimum Gasteiger partial charge on any atom is -0.379 e. The molecule has 8 unspecified atom stereocenters. The number of ether oxygens (including phenoxy) is 1. The Morgan fingerprint density at radius 3 is 2.30 bits per heavy atom. The van der Waals surface area contributed by atoms with Crippen LogP contribution in [0, 0.1) is 52.3 Å². The average Bonchev–Trinajstić information content (AvgIpc) is 3.16. The molecule has 4 saturated carbocycles. The molecule has 0 bridgehead atoms. The predicted molar refractivity (Wildman–Crippen MR) is 139 cm³/mol. The Balaban J connectivity index is 1.24. The Bertz CT molecular complexity index is 655. The fraction of sp³-hybridized carbons (Fsp3) is 1.00. The minimum atomic E-state index is 0.633. The van der Waals surface area contributed by atoms with E-state index in [9.17, 15) is 0 Å². The summed E-state index contributed by atoms with van der Waals surface area (Å²) < 4.78 is 5.65. The Kier molecular flexibility index (Phi) is 7.28. The molecule has 0 amide bonds. The summed E-state index contributed by atoms with van der Waals surface area (Å²) in [6, 6.07) is 0.847. The summed E-state index contributed by atoms with van der Waals surface area (Å²) in [5.74, 6) is 6.88. The lowest BCUT2D eigenvalue weighted by molar-refractivity contribution is -0.127. The summed E-state index contributed by atoms with van der Waals surface area (Å²) in [4.78, 5) is 2.79. The highest BCUT2D eigenvalue weighted by molar-refractivity contribution is 5.10. The molecule has 0 radical (unpaired) electrons. The molecule has 2 nitrogen and oxygen atoms in total. The SMILES string of the molecule is CC(C)CCC[C@@H](C)C1CCC2C3CCC4CC(N5CCOCC5)CCC4(C)C3CCC21C. The Hall–Kier alpha value is -0.0800. The van der Waals surface area contributed by atoms with Crippen molar-refractivity contribution in [1.29, 1.82) is 0 Å². The van der Waals surface area contributed by atoms with Gasteiger partial charge >= 0.3 is 0 Å². The van der Waals surface area contributed by atoms with Crippen molar-refractivity contribution in [2.24, 2.45) is 52.3 Å². The Labute approximate surface area is 206 Å². The molecule has 0 aromatic carbocycles. The number of nitrogens with zero attached hydrogens (tertiary/aromatic N) is 1. The monoisotopic (exact) mass is 457 g/mol. The van der Waals surface area contributed by atoms with Gasteiger partial charge in [0.05, 0.1) is 13.2 Å². The molecule has 4 aliphatic carbocycles. The molecule has 0 aromatic rings. The van der Waals surface area contributed by atoms with Crippen LogP contribution in [-0.4, -0.2) is 37.2 Å². The zero-order chi connectivity index (χ0) is 23.2. The van der Waals surface area contributed by atoms with Crippen LogP contribution in [0.5, 0.6) is 0 Å². The summed E-state index contributed by atoms with van der Waals surface area (Å²) in [6.45, 7) is 17.2. The van der Waals surface area contributed by atoms with Crippen LogP contribution in [0.15, 0.2) is 0 Å². The van der Waals surface area contributed by atoms with Gasteiger partial charge in [-0.1, -0.05) is 53.9 Å². The van der Waals surface area contributed by atoms with Crippen molar-refractivity contribution in [3.05, 3.63) is 0 Å². The van der Waals surface area contributed by atoms with Crippen LogP contribution in [0.3, 0.4) is 0 Å². The predicted octanol–water partition coefficient (Wildman–Crippen LogP) is 7.81. The van der Waals surface area contributed by atoms with E-state index in [1.54, 1.807) is 19.3 Å². The second-order valence-corrected chi connectivity index (χ2v) is 14.3. The van der Waals surface area contributed by atoms with Crippen LogP contribution < -0.4 is 0 Å². The summed E-state index contributed by atoms with van der Waals surface area (Å²) >= 11 is 0. The van der Waals surface area contributed by atoms with E-state index in [0.29, 0.717) is 10.8 Å². The van der Waals surface area contributed by atoms with E-state index in [-0.39, 0.29) is 0 Å². The first-order valence-corrected chi connectivity index (χ1v) is 15.1. The lowest BCUT2D eigenvalue weighted by Crippen LogP contribution is -2.56. The number of rotatable bonds is 6. The van der Waals surface area contributed by atoms with Crippen LogP contribution in [0.4, 0.5) is 0 Å². The first kappa shape index (κ1) is 24.6. The van der Waals surface area contributed by atoms with Gasteiger partial charge in [0.2, 0.25) is 0 Å². The zero-order valence-corrected chi connectivity index (χ0v) is 22.8. The normalized spacial score (nSPS) is 47.1. The highest BCUT2D eigenvalue weighted by Crippen LogP contribution is 2.68. The molecule has 5 aliphatic rings. The maximum Gasteiger partial charge on any atom is 0.0594 e. The molecule has 1 heterocycles. The van der Waals surface area contributed by atoms with Crippen molar-refractivity contribution in [3.8, 4) is 0 Å². The van der Waals surface area contributed by atoms with E-state index >= 15 is 0 Å². The molecule has 9 atom stereocenters.